The Morgan fingerprint density at radius 2 is 1.81 bits per heavy atom. The van der Waals surface area contributed by atoms with Crippen molar-refractivity contribution in [2.45, 2.75) is 19.9 Å². The zero-order valence-electron chi connectivity index (χ0n) is 17.0. The lowest BCUT2D eigenvalue weighted by molar-refractivity contribution is -0.120. The number of aromatic nitrogens is 2. The van der Waals surface area contributed by atoms with Crippen LogP contribution in [0.5, 0.6) is 0 Å². The summed E-state index contributed by atoms with van der Waals surface area (Å²) in [6.45, 7) is 2.28. The number of benzene rings is 2. The van der Waals surface area contributed by atoms with Crippen LogP contribution in [0.25, 0.3) is 6.08 Å². The number of amides is 2. The van der Waals surface area contributed by atoms with Gasteiger partial charge in [-0.15, -0.1) is 0 Å². The van der Waals surface area contributed by atoms with Crippen LogP contribution in [0.3, 0.4) is 0 Å². The summed E-state index contributed by atoms with van der Waals surface area (Å²) in [6.07, 6.45) is 4.95. The Hall–Kier alpha value is -4.13. The van der Waals surface area contributed by atoms with E-state index in [2.05, 4.69) is 20.3 Å². The predicted octanol–water partition coefficient (Wildman–Crippen LogP) is 3.14. The summed E-state index contributed by atoms with van der Waals surface area (Å²) in [4.78, 5) is 39.0. The van der Waals surface area contributed by atoms with E-state index in [1.165, 1.54) is 6.33 Å². The summed E-state index contributed by atoms with van der Waals surface area (Å²) in [5, 5.41) is 2.92. The van der Waals surface area contributed by atoms with Gasteiger partial charge in [-0.1, -0.05) is 42.5 Å². The number of nitrogens with zero attached hydrogens (tertiary/aromatic N) is 4. The molecule has 0 unspecified atom stereocenters. The van der Waals surface area contributed by atoms with Gasteiger partial charge in [-0.2, -0.15) is 0 Å². The van der Waals surface area contributed by atoms with Crippen LogP contribution in [0, 0.1) is 0 Å². The fourth-order valence-electron chi connectivity index (χ4n) is 3.27. The third kappa shape index (κ3) is 4.90. The van der Waals surface area contributed by atoms with Crippen LogP contribution in [0.2, 0.25) is 0 Å². The van der Waals surface area contributed by atoms with E-state index in [-0.39, 0.29) is 18.2 Å². The zero-order valence-corrected chi connectivity index (χ0v) is 17.0. The predicted molar refractivity (Wildman–Crippen MR) is 119 cm³/mol. The van der Waals surface area contributed by atoms with E-state index in [0.29, 0.717) is 29.5 Å². The Kier molecular flexibility index (Phi) is 5.93. The van der Waals surface area contributed by atoms with Gasteiger partial charge >= 0.3 is 0 Å². The average molecular weight is 411 g/mol. The molecule has 4 rings (SSSR count). The van der Waals surface area contributed by atoms with Gasteiger partial charge in [0.2, 0.25) is 5.91 Å². The fourth-order valence-corrected chi connectivity index (χ4v) is 3.27. The van der Waals surface area contributed by atoms with Crippen LogP contribution in [0.15, 0.2) is 83.9 Å². The van der Waals surface area contributed by atoms with Gasteiger partial charge in [-0.3, -0.25) is 14.5 Å². The summed E-state index contributed by atoms with van der Waals surface area (Å²) in [5.74, 6) is 0.310. The molecule has 0 spiro atoms. The van der Waals surface area contributed by atoms with Crippen molar-refractivity contribution in [3.63, 3.8) is 0 Å². The largest absolute Gasteiger partial charge is 0.352 e. The lowest BCUT2D eigenvalue weighted by atomic mass is 10.1. The smallest absolute Gasteiger partial charge is 0.282 e. The Morgan fingerprint density at radius 3 is 2.52 bits per heavy atom. The number of hydrogen-bond acceptors (Lipinski definition) is 5. The SMILES string of the molecule is CC1=N/C(=C\c2ccncn2)C(=O)N1c1ccc(CC(=O)NCc2ccccc2)cc1. The molecule has 154 valence electrons. The number of hydrogen-bond donors (Lipinski definition) is 1. The average Bonchev–Trinajstić information content (AvgIpc) is 3.07. The van der Waals surface area contributed by atoms with Gasteiger partial charge in [0.1, 0.15) is 17.9 Å². The lowest BCUT2D eigenvalue weighted by Gasteiger charge is -2.16. The minimum atomic E-state index is -0.218. The van der Waals surface area contributed by atoms with Crippen LogP contribution < -0.4 is 10.2 Å². The Labute approximate surface area is 180 Å². The number of rotatable bonds is 6. The van der Waals surface area contributed by atoms with E-state index in [1.54, 1.807) is 30.2 Å². The van der Waals surface area contributed by atoms with Crippen LogP contribution in [-0.4, -0.2) is 27.6 Å². The molecule has 7 nitrogen and oxygen atoms in total. The van der Waals surface area contributed by atoms with Crippen molar-refractivity contribution in [2.24, 2.45) is 4.99 Å². The summed E-state index contributed by atoms with van der Waals surface area (Å²) in [5.41, 5.74) is 3.56. The van der Waals surface area contributed by atoms with Crippen molar-refractivity contribution in [2.75, 3.05) is 4.90 Å². The first-order valence-corrected chi connectivity index (χ1v) is 9.87. The topological polar surface area (TPSA) is 87.6 Å². The molecule has 0 radical (unpaired) electrons. The third-order valence-corrected chi connectivity index (χ3v) is 4.81. The normalized spacial score (nSPS) is 14.6. The van der Waals surface area contributed by atoms with Gasteiger partial charge in [0.25, 0.3) is 5.91 Å². The van der Waals surface area contributed by atoms with Crippen LogP contribution in [0.1, 0.15) is 23.7 Å². The number of nitrogens with one attached hydrogen (secondary N) is 1. The summed E-state index contributed by atoms with van der Waals surface area (Å²) >= 11 is 0. The highest BCUT2D eigenvalue weighted by molar-refractivity contribution is 6.28. The van der Waals surface area contributed by atoms with E-state index in [1.807, 2.05) is 54.6 Å². The highest BCUT2D eigenvalue weighted by atomic mass is 16.2. The number of carbonyl (C=O) groups is 2. The Balaban J connectivity index is 1.40. The van der Waals surface area contributed by atoms with Crippen LogP contribution in [0.4, 0.5) is 5.69 Å². The molecule has 1 aromatic heterocycles. The quantitative estimate of drug-likeness (QED) is 0.631. The minimum absolute atomic E-state index is 0.0540. The number of amidine groups is 1. The highest BCUT2D eigenvalue weighted by Crippen LogP contribution is 2.25. The molecule has 0 saturated heterocycles. The van der Waals surface area contributed by atoms with Crippen LogP contribution >= 0.6 is 0 Å². The maximum atomic E-state index is 12.8. The molecule has 2 amide bonds. The van der Waals surface area contributed by atoms with E-state index < -0.39 is 0 Å². The molecule has 0 aliphatic carbocycles. The third-order valence-electron chi connectivity index (χ3n) is 4.81. The molecule has 7 heteroatoms. The summed E-state index contributed by atoms with van der Waals surface area (Å²) < 4.78 is 0. The van der Waals surface area contributed by atoms with Gasteiger partial charge in [0.15, 0.2) is 0 Å². The second-order valence-corrected chi connectivity index (χ2v) is 7.07. The Morgan fingerprint density at radius 1 is 1.03 bits per heavy atom. The first-order valence-electron chi connectivity index (χ1n) is 9.87. The fraction of sp³-hybridized carbons (Fsp3) is 0.125. The monoisotopic (exact) mass is 411 g/mol. The molecule has 2 aromatic carbocycles. The van der Waals surface area contributed by atoms with Crippen molar-refractivity contribution in [1.82, 2.24) is 15.3 Å². The lowest BCUT2D eigenvalue weighted by Crippen LogP contribution is -2.30. The van der Waals surface area contributed by atoms with Crippen molar-refractivity contribution < 1.29 is 9.59 Å². The van der Waals surface area contributed by atoms with Gasteiger partial charge in [-0.25, -0.2) is 15.0 Å². The maximum Gasteiger partial charge on any atom is 0.282 e. The number of carbonyl (C=O) groups excluding carboxylic acids is 2. The summed E-state index contributed by atoms with van der Waals surface area (Å²) in [7, 11) is 0. The molecule has 1 aliphatic heterocycles. The molecule has 0 fully saturated rings. The molecular weight excluding hydrogens is 390 g/mol. The van der Waals surface area contributed by atoms with E-state index in [4.69, 9.17) is 0 Å². The van der Waals surface area contributed by atoms with Gasteiger partial charge in [0.05, 0.1) is 17.8 Å². The highest BCUT2D eigenvalue weighted by Gasteiger charge is 2.29. The van der Waals surface area contributed by atoms with E-state index in [0.717, 1.165) is 11.1 Å². The molecule has 0 saturated carbocycles. The van der Waals surface area contributed by atoms with Gasteiger partial charge in [-0.05, 0) is 42.3 Å². The van der Waals surface area contributed by atoms with E-state index in [9.17, 15) is 9.59 Å². The summed E-state index contributed by atoms with van der Waals surface area (Å²) in [6, 6.07) is 18.8. The zero-order chi connectivity index (χ0) is 21.6. The number of aliphatic imine (C=N–C) groups is 1. The molecule has 0 bridgehead atoms. The minimum Gasteiger partial charge on any atom is -0.352 e. The molecule has 1 N–H and O–H groups in total. The van der Waals surface area contributed by atoms with Crippen molar-refractivity contribution in [1.29, 1.82) is 0 Å². The maximum absolute atomic E-state index is 12.8. The first-order chi connectivity index (χ1) is 15.1. The molecule has 2 heterocycles. The molecule has 1 aliphatic rings. The van der Waals surface area contributed by atoms with Crippen molar-refractivity contribution in [3.05, 3.63) is 95.7 Å². The van der Waals surface area contributed by atoms with Crippen molar-refractivity contribution in [3.8, 4) is 0 Å². The second kappa shape index (κ2) is 9.13. The molecule has 3 aromatic rings. The van der Waals surface area contributed by atoms with Gasteiger partial charge in [0, 0.05) is 12.7 Å². The molecule has 0 atom stereocenters. The van der Waals surface area contributed by atoms with E-state index >= 15 is 0 Å². The molecular formula is C24H21N5O2. The first kappa shape index (κ1) is 20.2. The molecule has 31 heavy (non-hydrogen) atoms. The van der Waals surface area contributed by atoms with Crippen LogP contribution in [-0.2, 0) is 22.6 Å². The van der Waals surface area contributed by atoms with Gasteiger partial charge < -0.3 is 5.32 Å². The Bertz CT molecular complexity index is 1140. The number of anilines is 1. The standard InChI is InChI=1S/C24H21N5O2/c1-17-28-22(14-20-11-12-25-16-27-20)24(31)29(17)21-9-7-18(8-10-21)13-23(30)26-15-19-5-3-2-4-6-19/h2-12,14,16H,13,15H2,1H3,(H,26,30)/b22-14-. The van der Waals surface area contributed by atoms with Crippen molar-refractivity contribution >= 4 is 29.4 Å². The second-order valence-electron chi connectivity index (χ2n) is 7.07.